The Kier molecular flexibility index (Phi) is 5.13. The average molecular weight is 460 g/mol. The first kappa shape index (κ1) is 21.4. The van der Waals surface area contributed by atoms with Crippen LogP contribution in [-0.2, 0) is 4.79 Å². The Morgan fingerprint density at radius 1 is 0.912 bits per heavy atom. The van der Waals surface area contributed by atoms with E-state index in [4.69, 9.17) is 18.9 Å². The van der Waals surface area contributed by atoms with Gasteiger partial charge in [-0.3, -0.25) is 9.59 Å². The Labute approximate surface area is 194 Å². The van der Waals surface area contributed by atoms with Crippen molar-refractivity contribution in [3.8, 4) is 34.5 Å². The van der Waals surface area contributed by atoms with Gasteiger partial charge in [0.25, 0.3) is 0 Å². The number of benzene rings is 3. The lowest BCUT2D eigenvalue weighted by Gasteiger charge is -2.26. The predicted octanol–water partition coefficient (Wildman–Crippen LogP) is 4.17. The summed E-state index contributed by atoms with van der Waals surface area (Å²) in [6, 6.07) is 12.8. The van der Waals surface area contributed by atoms with E-state index >= 15 is 0 Å². The summed E-state index contributed by atoms with van der Waals surface area (Å²) in [6.45, 7) is 0. The number of allylic oxidation sites excluding steroid dienone is 1. The van der Waals surface area contributed by atoms with E-state index in [2.05, 4.69) is 0 Å². The van der Waals surface area contributed by atoms with Crippen LogP contribution < -0.4 is 18.9 Å². The van der Waals surface area contributed by atoms with Crippen molar-refractivity contribution in [3.05, 3.63) is 76.5 Å². The second-order valence-electron chi connectivity index (χ2n) is 7.89. The fourth-order valence-corrected chi connectivity index (χ4v) is 4.26. The zero-order valence-corrected chi connectivity index (χ0v) is 18.3. The lowest BCUT2D eigenvalue weighted by Crippen LogP contribution is -2.21. The molecule has 0 saturated carbocycles. The fourth-order valence-electron chi connectivity index (χ4n) is 4.26. The van der Waals surface area contributed by atoms with Gasteiger partial charge in [-0.15, -0.1) is 0 Å². The van der Waals surface area contributed by atoms with Gasteiger partial charge in [0.15, 0.2) is 28.8 Å². The maximum atomic E-state index is 13.1. The number of phenolic OH excluding ortho intramolecular Hbond substituents is 2. The molecule has 34 heavy (non-hydrogen) atoms. The molecule has 2 aliphatic rings. The van der Waals surface area contributed by atoms with Crippen molar-refractivity contribution in [1.82, 2.24) is 0 Å². The summed E-state index contributed by atoms with van der Waals surface area (Å²) < 4.78 is 21.6. The van der Waals surface area contributed by atoms with E-state index in [9.17, 15) is 19.8 Å². The summed E-state index contributed by atoms with van der Waals surface area (Å²) in [7, 11) is 2.90. The van der Waals surface area contributed by atoms with Gasteiger partial charge in [-0.1, -0.05) is 12.1 Å². The van der Waals surface area contributed by atoms with Crippen LogP contribution in [0.5, 0.6) is 34.5 Å². The van der Waals surface area contributed by atoms with Gasteiger partial charge in [0.1, 0.15) is 11.5 Å². The van der Waals surface area contributed by atoms with Crippen LogP contribution in [0.1, 0.15) is 39.4 Å². The topological polar surface area (TPSA) is 112 Å². The lowest BCUT2D eigenvalue weighted by molar-refractivity contribution is -0.135. The number of hydrogen-bond donors (Lipinski definition) is 2. The molecule has 0 saturated heterocycles. The Morgan fingerprint density at radius 3 is 2.29 bits per heavy atom. The highest BCUT2D eigenvalue weighted by Gasteiger charge is 2.38. The molecule has 1 atom stereocenters. The highest BCUT2D eigenvalue weighted by molar-refractivity contribution is 6.15. The van der Waals surface area contributed by atoms with Crippen LogP contribution >= 0.6 is 0 Å². The summed E-state index contributed by atoms with van der Waals surface area (Å²) in [5, 5.41) is 20.3. The first-order chi connectivity index (χ1) is 16.4. The number of esters is 1. The van der Waals surface area contributed by atoms with Crippen LogP contribution in [0.2, 0.25) is 0 Å². The third kappa shape index (κ3) is 3.49. The Morgan fingerprint density at radius 2 is 1.62 bits per heavy atom. The molecule has 0 spiro atoms. The molecule has 0 amide bonds. The molecular formula is C26H20O8. The van der Waals surface area contributed by atoms with Gasteiger partial charge in [0, 0.05) is 11.5 Å². The first-order valence-electron chi connectivity index (χ1n) is 10.4. The molecular weight excluding hydrogens is 440 g/mol. The summed E-state index contributed by atoms with van der Waals surface area (Å²) in [5.41, 5.74) is 2.09. The molecule has 2 N–H and O–H groups in total. The molecule has 3 aromatic carbocycles. The molecule has 0 unspecified atom stereocenters. The summed E-state index contributed by atoms with van der Waals surface area (Å²) in [4.78, 5) is 25.4. The molecule has 0 aromatic heterocycles. The normalized spacial score (nSPS) is 17.6. The molecule has 8 heteroatoms. The van der Waals surface area contributed by atoms with Crippen molar-refractivity contribution in [1.29, 1.82) is 0 Å². The molecule has 0 aliphatic carbocycles. The molecule has 8 nitrogen and oxygen atoms in total. The smallest absolute Gasteiger partial charge is 0.312 e. The van der Waals surface area contributed by atoms with Crippen molar-refractivity contribution >= 4 is 17.8 Å². The standard InChI is InChI=1S/C26H20O8/c1-31-19-6-3-13(9-17(19)27)10-22-25(30)15-5-8-21-24(26(15)34-22)16(12-23(29)33-21)14-4-7-20(32-2)18(28)11-14/h3-11,16,27-28H,12H2,1-2H3/b22-10-/t16-/m1/s1. The van der Waals surface area contributed by atoms with Gasteiger partial charge in [0.2, 0.25) is 5.78 Å². The number of methoxy groups -OCH3 is 2. The largest absolute Gasteiger partial charge is 0.504 e. The highest BCUT2D eigenvalue weighted by atomic mass is 16.5. The summed E-state index contributed by atoms with van der Waals surface area (Å²) in [5.74, 6) is -0.103. The van der Waals surface area contributed by atoms with Gasteiger partial charge in [-0.2, -0.15) is 0 Å². The summed E-state index contributed by atoms with van der Waals surface area (Å²) >= 11 is 0. The summed E-state index contributed by atoms with van der Waals surface area (Å²) in [6.07, 6.45) is 1.54. The number of aromatic hydroxyl groups is 2. The van der Waals surface area contributed by atoms with Crippen molar-refractivity contribution in [2.24, 2.45) is 0 Å². The van der Waals surface area contributed by atoms with Gasteiger partial charge in [-0.05, 0) is 53.6 Å². The van der Waals surface area contributed by atoms with Crippen LogP contribution in [0.3, 0.4) is 0 Å². The minimum Gasteiger partial charge on any atom is -0.504 e. The number of hydrogen-bond acceptors (Lipinski definition) is 8. The maximum absolute atomic E-state index is 13.1. The van der Waals surface area contributed by atoms with E-state index in [1.165, 1.54) is 32.4 Å². The third-order valence-electron chi connectivity index (χ3n) is 5.89. The van der Waals surface area contributed by atoms with Crippen LogP contribution in [0, 0.1) is 0 Å². The zero-order valence-electron chi connectivity index (χ0n) is 18.3. The van der Waals surface area contributed by atoms with E-state index in [1.807, 2.05) is 0 Å². The van der Waals surface area contributed by atoms with E-state index in [-0.39, 0.29) is 29.5 Å². The van der Waals surface area contributed by atoms with Crippen molar-refractivity contribution in [2.45, 2.75) is 12.3 Å². The maximum Gasteiger partial charge on any atom is 0.312 e. The second-order valence-corrected chi connectivity index (χ2v) is 7.89. The van der Waals surface area contributed by atoms with Crippen molar-refractivity contribution < 1.29 is 38.7 Å². The number of carbonyl (C=O) groups is 2. The Hall–Kier alpha value is -4.46. The van der Waals surface area contributed by atoms with Crippen molar-refractivity contribution in [3.63, 3.8) is 0 Å². The highest BCUT2D eigenvalue weighted by Crippen LogP contribution is 2.49. The molecule has 172 valence electrons. The number of ketones is 1. The fraction of sp³-hybridized carbons (Fsp3) is 0.154. The van der Waals surface area contributed by atoms with Crippen LogP contribution in [-0.4, -0.2) is 36.2 Å². The molecule has 2 heterocycles. The van der Waals surface area contributed by atoms with Gasteiger partial charge in [0.05, 0.1) is 26.2 Å². The molecule has 2 aliphatic heterocycles. The second kappa shape index (κ2) is 8.15. The van der Waals surface area contributed by atoms with Gasteiger partial charge >= 0.3 is 5.97 Å². The number of carbonyl (C=O) groups excluding carboxylic acids is 2. The molecule has 5 rings (SSSR count). The minimum atomic E-state index is -0.500. The molecule has 3 aromatic rings. The SMILES string of the molecule is COc1ccc(/C=C2\Oc3c(ccc4c3[C@@H](c3ccc(OC)c(O)c3)CC(=O)O4)C2=O)cc1O. The number of rotatable bonds is 4. The number of Topliss-reactive ketones (excluding diaryl/α,β-unsaturated/α-hetero) is 1. The Balaban J connectivity index is 1.58. The molecule has 0 fully saturated rings. The van der Waals surface area contributed by atoms with Crippen molar-refractivity contribution in [2.75, 3.05) is 14.2 Å². The third-order valence-corrected chi connectivity index (χ3v) is 5.89. The number of phenols is 2. The first-order valence-corrected chi connectivity index (χ1v) is 10.4. The van der Waals surface area contributed by atoms with E-state index in [1.54, 1.807) is 36.4 Å². The predicted molar refractivity (Wildman–Crippen MR) is 121 cm³/mol. The molecule has 0 bridgehead atoms. The average Bonchev–Trinajstić information content (AvgIpc) is 3.13. The van der Waals surface area contributed by atoms with Gasteiger partial charge < -0.3 is 29.2 Å². The van der Waals surface area contributed by atoms with Crippen LogP contribution in [0.4, 0.5) is 0 Å². The monoisotopic (exact) mass is 460 g/mol. The van der Waals surface area contributed by atoms with Crippen LogP contribution in [0.25, 0.3) is 6.08 Å². The van der Waals surface area contributed by atoms with E-state index in [0.29, 0.717) is 45.3 Å². The van der Waals surface area contributed by atoms with Gasteiger partial charge in [-0.25, -0.2) is 0 Å². The zero-order chi connectivity index (χ0) is 24.0. The van der Waals surface area contributed by atoms with Crippen LogP contribution in [0.15, 0.2) is 54.3 Å². The van der Waals surface area contributed by atoms with E-state index < -0.39 is 11.9 Å². The van der Waals surface area contributed by atoms with E-state index in [0.717, 1.165) is 0 Å². The lowest BCUT2D eigenvalue weighted by atomic mass is 9.84. The minimum absolute atomic E-state index is 0.0121. The molecule has 0 radical (unpaired) electrons. The Bertz CT molecular complexity index is 1370. The quantitative estimate of drug-likeness (QED) is 0.339. The number of fused-ring (bicyclic) bond motifs is 3. The number of ether oxygens (including phenoxy) is 4.